The molecule has 8 nitrogen and oxygen atoms in total. The zero-order valence-electron chi connectivity index (χ0n) is 23.8. The second-order valence-corrected chi connectivity index (χ2v) is 10.4. The van der Waals surface area contributed by atoms with Gasteiger partial charge in [-0.1, -0.05) is 12.1 Å². The molecule has 2 aromatic carbocycles. The highest BCUT2D eigenvalue weighted by atomic mass is 19.4. The number of carbonyl (C=O) groups is 2. The molecule has 1 fully saturated rings. The summed E-state index contributed by atoms with van der Waals surface area (Å²) in [5, 5.41) is 5.53. The summed E-state index contributed by atoms with van der Waals surface area (Å²) in [6.45, 7) is -1.21. The number of benzene rings is 2. The van der Waals surface area contributed by atoms with Crippen molar-refractivity contribution in [3.63, 3.8) is 0 Å². The molecule has 1 aromatic heterocycles. The Morgan fingerprint density at radius 2 is 1.71 bits per heavy atom. The zero-order chi connectivity index (χ0) is 32.7. The van der Waals surface area contributed by atoms with Gasteiger partial charge in [-0.2, -0.15) is 13.2 Å². The molecule has 3 aromatic rings. The molecule has 1 aliphatic rings. The Kier molecular flexibility index (Phi) is 11.0. The maximum Gasteiger partial charge on any atom is 0.412 e. The fourth-order valence-electron chi connectivity index (χ4n) is 4.86. The van der Waals surface area contributed by atoms with E-state index in [4.69, 9.17) is 9.47 Å². The summed E-state index contributed by atoms with van der Waals surface area (Å²) in [5.41, 5.74) is 0.648. The van der Waals surface area contributed by atoms with E-state index in [-0.39, 0.29) is 49.2 Å². The van der Waals surface area contributed by atoms with Crippen LogP contribution in [0.4, 0.5) is 41.2 Å². The maximum atomic E-state index is 14.9. The topological polar surface area (TPSA) is 92.8 Å². The van der Waals surface area contributed by atoms with E-state index in [9.17, 15) is 40.3 Å². The van der Waals surface area contributed by atoms with Crippen molar-refractivity contribution in [3.05, 3.63) is 94.8 Å². The van der Waals surface area contributed by atoms with Crippen LogP contribution in [-0.4, -0.2) is 67.1 Å². The largest absolute Gasteiger partial charge is 0.418 e. The lowest BCUT2D eigenvalue weighted by molar-refractivity contribution is -0.169. The van der Waals surface area contributed by atoms with E-state index in [1.807, 2.05) is 0 Å². The highest BCUT2D eigenvalue weighted by Gasteiger charge is 2.33. The van der Waals surface area contributed by atoms with E-state index < -0.39 is 66.3 Å². The predicted octanol–water partition coefficient (Wildman–Crippen LogP) is 5.68. The van der Waals surface area contributed by atoms with Crippen molar-refractivity contribution in [1.29, 1.82) is 0 Å². The Hall–Kier alpha value is -4.24. The molecule has 0 aliphatic carbocycles. The Labute approximate surface area is 253 Å². The lowest BCUT2D eigenvalue weighted by Gasteiger charge is -2.31. The van der Waals surface area contributed by atoms with Crippen LogP contribution in [0.1, 0.15) is 35.4 Å². The standard InChI is InChI=1S/C30H29F7N4O4/c1-41(16-30(35,36)37)29(43)45-28-15-38-12-22(44-28)6-7-23-25(34)13-39-14-26(23)40-27(42)11-24(17-2-4-19(31)5-3-17)18-8-20(32)10-21(33)9-18/h2-5,8-10,13-14,22,24,28,38H,6-7,11-12,15-16H2,1H3,(H,40,42)/t22-,24+,28+/m1/s1. The van der Waals surface area contributed by atoms with Gasteiger partial charge in [-0.3, -0.25) is 9.78 Å². The molecule has 0 bridgehead atoms. The van der Waals surface area contributed by atoms with E-state index in [1.54, 1.807) is 0 Å². The predicted molar refractivity (Wildman–Crippen MR) is 147 cm³/mol. The monoisotopic (exact) mass is 642 g/mol. The third-order valence-electron chi connectivity index (χ3n) is 6.93. The highest BCUT2D eigenvalue weighted by molar-refractivity contribution is 5.92. The van der Waals surface area contributed by atoms with Gasteiger partial charge in [-0.15, -0.1) is 0 Å². The lowest BCUT2D eigenvalue weighted by atomic mass is 9.88. The first kappa shape index (κ1) is 33.6. The van der Waals surface area contributed by atoms with Crippen molar-refractivity contribution in [2.45, 2.75) is 43.8 Å². The number of carbonyl (C=O) groups excluding carboxylic acids is 2. The number of halogens is 7. The van der Waals surface area contributed by atoms with Gasteiger partial charge in [0.25, 0.3) is 0 Å². The minimum atomic E-state index is -4.61. The number of amides is 2. The van der Waals surface area contributed by atoms with Crippen LogP contribution in [0.2, 0.25) is 0 Å². The Balaban J connectivity index is 1.42. The number of nitrogens with one attached hydrogen (secondary N) is 2. The molecule has 1 aliphatic heterocycles. The molecule has 45 heavy (non-hydrogen) atoms. The van der Waals surface area contributed by atoms with Crippen LogP contribution in [0, 0.1) is 23.3 Å². The molecule has 2 amide bonds. The number of ether oxygens (including phenoxy) is 2. The fraction of sp³-hybridized carbons (Fsp3) is 0.367. The first-order valence-corrected chi connectivity index (χ1v) is 13.8. The molecule has 1 saturated heterocycles. The molecule has 4 rings (SSSR count). The molecule has 15 heteroatoms. The average Bonchev–Trinajstić information content (AvgIpc) is 2.95. The van der Waals surface area contributed by atoms with Gasteiger partial charge in [0, 0.05) is 37.6 Å². The van der Waals surface area contributed by atoms with E-state index in [1.165, 1.54) is 18.3 Å². The summed E-state index contributed by atoms with van der Waals surface area (Å²) in [7, 11) is 0.934. The SMILES string of the molecule is CN(CC(F)(F)F)C(=O)O[C@H]1CNC[C@@H](CCc2c(F)cncc2NC(=O)C[C@@H](c2ccc(F)cc2)c2cc(F)cc(F)c2)O1. The van der Waals surface area contributed by atoms with E-state index in [0.717, 1.165) is 37.5 Å². The van der Waals surface area contributed by atoms with Crippen molar-refractivity contribution in [1.82, 2.24) is 15.2 Å². The average molecular weight is 643 g/mol. The van der Waals surface area contributed by atoms with Gasteiger partial charge < -0.3 is 25.0 Å². The lowest BCUT2D eigenvalue weighted by Crippen LogP contribution is -2.48. The van der Waals surface area contributed by atoms with Crippen LogP contribution in [0.3, 0.4) is 0 Å². The Bertz CT molecular complexity index is 1470. The van der Waals surface area contributed by atoms with Crippen LogP contribution >= 0.6 is 0 Å². The molecule has 0 radical (unpaired) electrons. The highest BCUT2D eigenvalue weighted by Crippen LogP contribution is 2.31. The van der Waals surface area contributed by atoms with Crippen molar-refractivity contribution < 1.29 is 49.8 Å². The Morgan fingerprint density at radius 1 is 1.02 bits per heavy atom. The van der Waals surface area contributed by atoms with Gasteiger partial charge in [0.15, 0.2) is 0 Å². The van der Waals surface area contributed by atoms with Gasteiger partial charge in [0.05, 0.1) is 30.7 Å². The second-order valence-electron chi connectivity index (χ2n) is 10.4. The number of hydrogen-bond acceptors (Lipinski definition) is 6. The molecule has 0 spiro atoms. The number of rotatable bonds is 10. The molecule has 0 unspecified atom stereocenters. The normalized spacial score (nSPS) is 17.4. The molecule has 2 heterocycles. The van der Waals surface area contributed by atoms with Crippen LogP contribution < -0.4 is 10.6 Å². The first-order valence-electron chi connectivity index (χ1n) is 13.8. The van der Waals surface area contributed by atoms with Crippen LogP contribution in [-0.2, 0) is 20.7 Å². The number of alkyl halides is 3. The molecule has 0 saturated carbocycles. The fourth-order valence-corrected chi connectivity index (χ4v) is 4.86. The second kappa shape index (κ2) is 14.7. The van der Waals surface area contributed by atoms with Crippen molar-refractivity contribution in [2.75, 3.05) is 32.0 Å². The summed E-state index contributed by atoms with van der Waals surface area (Å²) in [6.07, 6.45) is -5.65. The van der Waals surface area contributed by atoms with Crippen LogP contribution in [0.25, 0.3) is 0 Å². The quantitative estimate of drug-likeness (QED) is 0.277. The van der Waals surface area contributed by atoms with Crippen molar-refractivity contribution >= 4 is 17.7 Å². The molecular weight excluding hydrogens is 613 g/mol. The number of nitrogens with zero attached hydrogens (tertiary/aromatic N) is 2. The van der Waals surface area contributed by atoms with Crippen LogP contribution in [0.5, 0.6) is 0 Å². The maximum absolute atomic E-state index is 14.9. The molecule has 242 valence electrons. The summed E-state index contributed by atoms with van der Waals surface area (Å²) >= 11 is 0. The smallest absolute Gasteiger partial charge is 0.412 e. The van der Waals surface area contributed by atoms with Gasteiger partial charge in [0.2, 0.25) is 12.2 Å². The Morgan fingerprint density at radius 3 is 2.38 bits per heavy atom. The summed E-state index contributed by atoms with van der Waals surface area (Å²) < 4.78 is 105. The number of hydrogen-bond donors (Lipinski definition) is 2. The summed E-state index contributed by atoms with van der Waals surface area (Å²) in [4.78, 5) is 29.4. The van der Waals surface area contributed by atoms with E-state index in [2.05, 4.69) is 15.6 Å². The first-order chi connectivity index (χ1) is 21.3. The third-order valence-corrected chi connectivity index (χ3v) is 6.93. The summed E-state index contributed by atoms with van der Waals surface area (Å²) in [6, 6.07) is 7.90. The van der Waals surface area contributed by atoms with Gasteiger partial charge >= 0.3 is 12.3 Å². The zero-order valence-corrected chi connectivity index (χ0v) is 23.8. The number of anilines is 1. The minimum absolute atomic E-state index is 0.0153. The van der Waals surface area contributed by atoms with Gasteiger partial charge in [0.1, 0.15) is 29.8 Å². The number of pyridine rings is 1. The third kappa shape index (κ3) is 9.88. The van der Waals surface area contributed by atoms with Crippen molar-refractivity contribution in [3.8, 4) is 0 Å². The minimum Gasteiger partial charge on any atom is -0.418 e. The van der Waals surface area contributed by atoms with E-state index >= 15 is 0 Å². The van der Waals surface area contributed by atoms with Crippen LogP contribution in [0.15, 0.2) is 54.9 Å². The van der Waals surface area contributed by atoms with Gasteiger partial charge in [-0.25, -0.2) is 22.4 Å². The molecule has 3 atom stereocenters. The molecule has 2 N–H and O–H groups in total. The summed E-state index contributed by atoms with van der Waals surface area (Å²) in [5.74, 6) is -4.53. The number of aromatic nitrogens is 1. The van der Waals surface area contributed by atoms with E-state index in [0.29, 0.717) is 16.5 Å². The number of morpholine rings is 1. The van der Waals surface area contributed by atoms with Gasteiger partial charge in [-0.05, 0) is 48.2 Å². The molecular formula is C30H29F7N4O4. The van der Waals surface area contributed by atoms with Crippen molar-refractivity contribution in [2.24, 2.45) is 0 Å².